The Balaban J connectivity index is 2.67. The third kappa shape index (κ3) is 3.96. The first-order valence-electron chi connectivity index (χ1n) is 5.91. The third-order valence-corrected chi connectivity index (χ3v) is 2.57. The van der Waals surface area contributed by atoms with Gasteiger partial charge in [0.15, 0.2) is 0 Å². The Morgan fingerprint density at radius 2 is 2.06 bits per heavy atom. The van der Waals surface area contributed by atoms with Crippen molar-refractivity contribution in [2.75, 3.05) is 13.1 Å². The lowest BCUT2D eigenvalue weighted by Gasteiger charge is -2.19. The molecule has 0 radical (unpaired) electrons. The van der Waals surface area contributed by atoms with Crippen LogP contribution in [0.2, 0.25) is 0 Å². The monoisotopic (exact) mass is 240 g/mol. The molecule has 0 saturated heterocycles. The number of amides is 1. The summed E-state index contributed by atoms with van der Waals surface area (Å²) in [7, 11) is 0. The van der Waals surface area contributed by atoms with Crippen molar-refractivity contribution in [3.63, 3.8) is 0 Å². The van der Waals surface area contributed by atoms with Gasteiger partial charge in [-0.1, -0.05) is 25.0 Å². The van der Waals surface area contributed by atoms with Gasteiger partial charge in [0.1, 0.15) is 0 Å². The van der Waals surface area contributed by atoms with E-state index in [0.717, 1.165) is 12.0 Å². The predicted molar refractivity (Wildman–Crippen MR) is 70.6 cm³/mol. The number of nitrogens with zero attached hydrogens (tertiary/aromatic N) is 2. The minimum atomic E-state index is 0.0273. The summed E-state index contributed by atoms with van der Waals surface area (Å²) in [6, 6.07) is 9.09. The summed E-state index contributed by atoms with van der Waals surface area (Å²) in [4.78, 5) is 13.7. The van der Waals surface area contributed by atoms with E-state index in [2.05, 4.69) is 5.92 Å². The molecule has 0 fully saturated rings. The number of carbonyl (C=O) groups is 1. The van der Waals surface area contributed by atoms with E-state index < -0.39 is 0 Å². The highest BCUT2D eigenvalue weighted by molar-refractivity contribution is 5.79. The van der Waals surface area contributed by atoms with Crippen LogP contribution in [0.1, 0.15) is 24.5 Å². The molecular weight excluding hydrogens is 224 g/mol. The molecule has 1 amide bonds. The minimum Gasteiger partial charge on any atom is -0.331 e. The van der Waals surface area contributed by atoms with Gasteiger partial charge in [-0.25, -0.2) is 0 Å². The lowest BCUT2D eigenvalue weighted by Crippen LogP contribution is -2.33. The number of hydrogen-bond donors (Lipinski definition) is 0. The number of hydrogen-bond acceptors (Lipinski definition) is 2. The fourth-order valence-corrected chi connectivity index (χ4v) is 1.66. The summed E-state index contributed by atoms with van der Waals surface area (Å²) in [6.07, 6.45) is 6.47. The molecule has 1 rings (SSSR count). The maximum absolute atomic E-state index is 12.0. The van der Waals surface area contributed by atoms with E-state index in [-0.39, 0.29) is 5.91 Å². The predicted octanol–water partition coefficient (Wildman–Crippen LogP) is 1.97. The van der Waals surface area contributed by atoms with E-state index in [4.69, 9.17) is 11.7 Å². The van der Waals surface area contributed by atoms with Gasteiger partial charge in [-0.3, -0.25) is 4.79 Å². The minimum absolute atomic E-state index is 0.0273. The highest BCUT2D eigenvalue weighted by Gasteiger charge is 2.11. The molecule has 1 aromatic carbocycles. The van der Waals surface area contributed by atoms with Crippen LogP contribution in [0.3, 0.4) is 0 Å². The normalized spacial score (nSPS) is 9.28. The molecule has 1 aromatic rings. The second-order valence-electron chi connectivity index (χ2n) is 4.00. The van der Waals surface area contributed by atoms with Crippen molar-refractivity contribution >= 4 is 5.91 Å². The smallest absolute Gasteiger partial charge is 0.227 e. The van der Waals surface area contributed by atoms with Gasteiger partial charge in [0, 0.05) is 6.54 Å². The van der Waals surface area contributed by atoms with E-state index in [1.165, 1.54) is 0 Å². The standard InChI is InChI=1S/C15H16N2O/c1-3-9-17(10-4-2)15(18)11-13-5-7-14(12-16)8-6-13/h1,5-8H,4,9-11H2,2H3. The second kappa shape index (κ2) is 7.14. The van der Waals surface area contributed by atoms with Crippen molar-refractivity contribution in [2.45, 2.75) is 19.8 Å². The number of benzene rings is 1. The van der Waals surface area contributed by atoms with Gasteiger partial charge >= 0.3 is 0 Å². The summed E-state index contributed by atoms with van der Waals surface area (Å²) in [5.74, 6) is 2.53. The van der Waals surface area contributed by atoms with Gasteiger partial charge in [0.05, 0.1) is 24.6 Å². The van der Waals surface area contributed by atoms with Crippen molar-refractivity contribution in [1.82, 2.24) is 4.90 Å². The molecule has 3 nitrogen and oxygen atoms in total. The molecule has 0 N–H and O–H groups in total. The molecule has 0 spiro atoms. The molecule has 92 valence electrons. The molecule has 0 aliphatic rings. The average molecular weight is 240 g/mol. The molecule has 0 aliphatic carbocycles. The Bertz CT molecular complexity index is 477. The number of carbonyl (C=O) groups excluding carboxylic acids is 1. The SMILES string of the molecule is C#CCN(CCC)C(=O)Cc1ccc(C#N)cc1. The number of nitriles is 1. The molecule has 0 unspecified atom stereocenters. The fraction of sp³-hybridized carbons (Fsp3) is 0.333. The van der Waals surface area contributed by atoms with Gasteiger partial charge < -0.3 is 4.90 Å². The number of rotatable bonds is 5. The van der Waals surface area contributed by atoms with E-state index in [0.29, 0.717) is 25.1 Å². The molecule has 0 bridgehead atoms. The molecule has 0 atom stereocenters. The van der Waals surface area contributed by atoms with Crippen LogP contribution in [0.5, 0.6) is 0 Å². The van der Waals surface area contributed by atoms with Crippen LogP contribution in [-0.2, 0) is 11.2 Å². The summed E-state index contributed by atoms with van der Waals surface area (Å²) >= 11 is 0. The van der Waals surface area contributed by atoms with E-state index in [1.54, 1.807) is 29.2 Å². The molecule has 3 heteroatoms. The summed E-state index contributed by atoms with van der Waals surface area (Å²) in [6.45, 7) is 3.04. The topological polar surface area (TPSA) is 44.1 Å². The maximum Gasteiger partial charge on any atom is 0.227 e. The van der Waals surface area contributed by atoms with Gasteiger partial charge in [0.2, 0.25) is 5.91 Å². The van der Waals surface area contributed by atoms with Crippen LogP contribution in [0.4, 0.5) is 0 Å². The van der Waals surface area contributed by atoms with Crippen molar-refractivity contribution in [3.8, 4) is 18.4 Å². The highest BCUT2D eigenvalue weighted by atomic mass is 16.2. The first kappa shape index (κ1) is 13.8. The molecular formula is C15H16N2O. The summed E-state index contributed by atoms with van der Waals surface area (Å²) < 4.78 is 0. The van der Waals surface area contributed by atoms with E-state index in [1.807, 2.05) is 13.0 Å². The molecule has 0 aliphatic heterocycles. The molecule has 18 heavy (non-hydrogen) atoms. The summed E-state index contributed by atoms with van der Waals surface area (Å²) in [5, 5.41) is 8.69. The van der Waals surface area contributed by atoms with Crippen LogP contribution >= 0.6 is 0 Å². The first-order valence-corrected chi connectivity index (χ1v) is 5.91. The Morgan fingerprint density at radius 1 is 1.39 bits per heavy atom. The van der Waals surface area contributed by atoms with Crippen molar-refractivity contribution in [3.05, 3.63) is 35.4 Å². The maximum atomic E-state index is 12.0. The van der Waals surface area contributed by atoms with Crippen LogP contribution in [-0.4, -0.2) is 23.9 Å². The highest BCUT2D eigenvalue weighted by Crippen LogP contribution is 2.06. The van der Waals surface area contributed by atoms with Crippen LogP contribution in [0.25, 0.3) is 0 Å². The van der Waals surface area contributed by atoms with Gasteiger partial charge in [-0.05, 0) is 24.1 Å². The Labute approximate surface area is 108 Å². The van der Waals surface area contributed by atoms with E-state index in [9.17, 15) is 4.79 Å². The van der Waals surface area contributed by atoms with Crippen LogP contribution < -0.4 is 0 Å². The molecule has 0 heterocycles. The quantitative estimate of drug-likeness (QED) is 0.739. The Kier molecular flexibility index (Phi) is 5.48. The van der Waals surface area contributed by atoms with Crippen LogP contribution in [0.15, 0.2) is 24.3 Å². The fourth-order valence-electron chi connectivity index (χ4n) is 1.66. The lowest BCUT2D eigenvalue weighted by molar-refractivity contribution is -0.129. The van der Waals surface area contributed by atoms with Crippen LogP contribution in [0, 0.1) is 23.7 Å². The third-order valence-electron chi connectivity index (χ3n) is 2.57. The lowest BCUT2D eigenvalue weighted by atomic mass is 10.1. The summed E-state index contributed by atoms with van der Waals surface area (Å²) in [5.41, 5.74) is 1.50. The second-order valence-corrected chi connectivity index (χ2v) is 4.00. The largest absolute Gasteiger partial charge is 0.331 e. The Hall–Kier alpha value is -2.26. The zero-order valence-corrected chi connectivity index (χ0v) is 10.5. The van der Waals surface area contributed by atoms with E-state index >= 15 is 0 Å². The Morgan fingerprint density at radius 3 is 2.56 bits per heavy atom. The van der Waals surface area contributed by atoms with Gasteiger partial charge in [0.25, 0.3) is 0 Å². The van der Waals surface area contributed by atoms with Gasteiger partial charge in [-0.15, -0.1) is 6.42 Å². The number of terminal acetylenes is 1. The van der Waals surface area contributed by atoms with Crippen molar-refractivity contribution < 1.29 is 4.79 Å². The molecule has 0 saturated carbocycles. The first-order chi connectivity index (χ1) is 8.71. The zero-order valence-electron chi connectivity index (χ0n) is 10.5. The van der Waals surface area contributed by atoms with Gasteiger partial charge in [-0.2, -0.15) is 5.26 Å². The zero-order chi connectivity index (χ0) is 13.4. The average Bonchev–Trinajstić information content (AvgIpc) is 2.39. The van der Waals surface area contributed by atoms with Crippen molar-refractivity contribution in [1.29, 1.82) is 5.26 Å². The molecule has 0 aromatic heterocycles. The van der Waals surface area contributed by atoms with Crippen molar-refractivity contribution in [2.24, 2.45) is 0 Å².